The summed E-state index contributed by atoms with van der Waals surface area (Å²) in [6, 6.07) is 7.01. The van der Waals surface area contributed by atoms with Gasteiger partial charge in [-0.3, -0.25) is 19.4 Å². The van der Waals surface area contributed by atoms with Gasteiger partial charge in [-0.15, -0.1) is 18.3 Å². The highest BCUT2D eigenvalue weighted by atomic mass is 35.5. The van der Waals surface area contributed by atoms with E-state index < -0.39 is 0 Å². The molecule has 5 heteroatoms. The van der Waals surface area contributed by atoms with Crippen LogP contribution in [0.2, 0.25) is 0 Å². The van der Waals surface area contributed by atoms with Crippen molar-refractivity contribution in [1.29, 1.82) is 0 Å². The predicted molar refractivity (Wildman–Crippen MR) is 91.7 cm³/mol. The highest BCUT2D eigenvalue weighted by Crippen LogP contribution is 2.22. The third-order valence-corrected chi connectivity index (χ3v) is 4.19. The van der Waals surface area contributed by atoms with E-state index in [9.17, 15) is 9.59 Å². The van der Waals surface area contributed by atoms with Gasteiger partial charge >= 0.3 is 0 Å². The number of amides is 2. The van der Waals surface area contributed by atoms with Crippen LogP contribution in [0.25, 0.3) is 0 Å². The van der Waals surface area contributed by atoms with Crippen LogP contribution in [0.4, 0.5) is 0 Å². The molecule has 1 aromatic carbocycles. The third-order valence-electron chi connectivity index (χ3n) is 4.19. The summed E-state index contributed by atoms with van der Waals surface area (Å²) in [5.41, 5.74) is 1.04. The van der Waals surface area contributed by atoms with Crippen molar-refractivity contribution >= 4 is 24.2 Å². The van der Waals surface area contributed by atoms with Crippen molar-refractivity contribution in [3.05, 3.63) is 35.4 Å². The molecule has 2 heterocycles. The van der Waals surface area contributed by atoms with Crippen LogP contribution in [-0.4, -0.2) is 47.8 Å². The van der Waals surface area contributed by atoms with Gasteiger partial charge in [-0.25, -0.2) is 0 Å². The number of unbranched alkanes of at least 4 members (excludes halogenated alkanes) is 1. The summed E-state index contributed by atoms with van der Waals surface area (Å²) in [7, 11) is 0. The highest BCUT2D eigenvalue weighted by Gasteiger charge is 2.34. The lowest BCUT2D eigenvalue weighted by Gasteiger charge is -2.12. The second kappa shape index (κ2) is 8.14. The number of hydrogen-bond donors (Lipinski definition) is 0. The van der Waals surface area contributed by atoms with Gasteiger partial charge in [0.1, 0.15) is 0 Å². The Morgan fingerprint density at radius 2 is 1.57 bits per heavy atom. The number of likely N-dealkylation sites (tertiary alicyclic amines) is 1. The van der Waals surface area contributed by atoms with E-state index in [1.165, 1.54) is 17.7 Å². The quantitative estimate of drug-likeness (QED) is 0.483. The summed E-state index contributed by atoms with van der Waals surface area (Å²) in [5, 5.41) is 0. The van der Waals surface area contributed by atoms with E-state index in [1.807, 2.05) is 0 Å². The van der Waals surface area contributed by atoms with E-state index in [1.54, 1.807) is 24.3 Å². The maximum Gasteiger partial charge on any atom is 0.261 e. The monoisotopic (exact) mass is 332 g/mol. The average molecular weight is 333 g/mol. The maximum atomic E-state index is 12.2. The first-order valence-electron chi connectivity index (χ1n) is 7.90. The Labute approximate surface area is 143 Å². The Morgan fingerprint density at radius 1 is 0.957 bits per heavy atom. The molecule has 2 aliphatic heterocycles. The second-order valence-corrected chi connectivity index (χ2v) is 5.75. The van der Waals surface area contributed by atoms with Crippen molar-refractivity contribution in [3.63, 3.8) is 0 Å². The Kier molecular flexibility index (Phi) is 6.20. The van der Waals surface area contributed by atoms with E-state index in [0.29, 0.717) is 17.7 Å². The van der Waals surface area contributed by atoms with Crippen LogP contribution in [0.5, 0.6) is 0 Å². The molecular weight excluding hydrogens is 312 g/mol. The molecule has 1 saturated heterocycles. The van der Waals surface area contributed by atoms with Crippen molar-refractivity contribution in [2.24, 2.45) is 0 Å². The highest BCUT2D eigenvalue weighted by molar-refractivity contribution is 6.21. The fourth-order valence-corrected chi connectivity index (χ4v) is 2.96. The Balaban J connectivity index is 0.00000192. The van der Waals surface area contributed by atoms with E-state index >= 15 is 0 Å². The molecule has 4 nitrogen and oxygen atoms in total. The number of benzene rings is 1. The SMILES string of the molecule is Cl.O=C1c2ccccc2C(=O)N1CCCC#CCN1CCCC1. The van der Waals surface area contributed by atoms with Crippen LogP contribution in [0, 0.1) is 11.8 Å². The normalized spacial score (nSPS) is 16.8. The molecule has 0 saturated carbocycles. The number of nitrogens with zero attached hydrogens (tertiary/aromatic N) is 2. The van der Waals surface area contributed by atoms with Crippen molar-refractivity contribution in [1.82, 2.24) is 9.80 Å². The summed E-state index contributed by atoms with van der Waals surface area (Å²) in [6.45, 7) is 3.60. The minimum Gasteiger partial charge on any atom is -0.292 e. The molecule has 0 bridgehead atoms. The molecular formula is C18H21ClN2O2. The van der Waals surface area contributed by atoms with E-state index in [4.69, 9.17) is 0 Å². The van der Waals surface area contributed by atoms with Crippen molar-refractivity contribution in [2.45, 2.75) is 25.7 Å². The molecule has 0 N–H and O–H groups in total. The number of halogens is 1. The molecule has 1 fully saturated rings. The van der Waals surface area contributed by atoms with Crippen molar-refractivity contribution in [3.8, 4) is 11.8 Å². The van der Waals surface area contributed by atoms with Crippen LogP contribution in [0.3, 0.4) is 0 Å². The van der Waals surface area contributed by atoms with E-state index in [2.05, 4.69) is 16.7 Å². The number of imide groups is 1. The number of hydrogen-bond acceptors (Lipinski definition) is 3. The number of carbonyl (C=O) groups excluding carboxylic acids is 2. The third kappa shape index (κ3) is 3.93. The lowest BCUT2D eigenvalue weighted by Crippen LogP contribution is -2.30. The van der Waals surface area contributed by atoms with E-state index in [-0.39, 0.29) is 24.2 Å². The smallest absolute Gasteiger partial charge is 0.261 e. The van der Waals surface area contributed by atoms with Gasteiger partial charge in [-0.05, 0) is 44.5 Å². The minimum atomic E-state index is -0.175. The summed E-state index contributed by atoms with van der Waals surface area (Å²) in [5.74, 6) is 5.98. The largest absolute Gasteiger partial charge is 0.292 e. The molecule has 0 radical (unpaired) electrons. The van der Waals surface area contributed by atoms with Crippen LogP contribution in [-0.2, 0) is 0 Å². The van der Waals surface area contributed by atoms with Gasteiger partial charge in [0, 0.05) is 13.0 Å². The number of carbonyl (C=O) groups is 2. The first-order valence-corrected chi connectivity index (χ1v) is 7.90. The Morgan fingerprint density at radius 3 is 2.17 bits per heavy atom. The lowest BCUT2D eigenvalue weighted by atomic mass is 10.1. The average Bonchev–Trinajstić information content (AvgIpc) is 3.13. The molecule has 3 rings (SSSR count). The molecule has 122 valence electrons. The first-order chi connectivity index (χ1) is 10.8. The molecule has 0 aromatic heterocycles. The van der Waals surface area contributed by atoms with Gasteiger partial charge < -0.3 is 0 Å². The van der Waals surface area contributed by atoms with Gasteiger partial charge in [0.25, 0.3) is 11.8 Å². The van der Waals surface area contributed by atoms with E-state index in [0.717, 1.165) is 32.5 Å². The zero-order valence-electron chi connectivity index (χ0n) is 13.1. The molecule has 0 aliphatic carbocycles. The zero-order valence-corrected chi connectivity index (χ0v) is 13.9. The lowest BCUT2D eigenvalue weighted by molar-refractivity contribution is 0.0653. The molecule has 0 atom stereocenters. The summed E-state index contributed by atoms with van der Waals surface area (Å²) in [6.07, 6.45) is 4.02. The molecule has 1 aromatic rings. The Bertz CT molecular complexity index is 607. The standard InChI is InChI=1S/C18H20N2O2.ClH/c21-17-15-9-3-4-10-16(15)18(22)20(17)14-6-2-1-5-11-19-12-7-8-13-19;/h3-4,9-10H,2,6-8,11-14H2;1H. The molecule has 0 spiro atoms. The van der Waals surface area contributed by atoms with Crippen LogP contribution < -0.4 is 0 Å². The number of fused-ring (bicyclic) bond motifs is 1. The van der Waals surface area contributed by atoms with Crippen LogP contribution in [0.15, 0.2) is 24.3 Å². The first kappa shape index (κ1) is 17.5. The summed E-state index contributed by atoms with van der Waals surface area (Å²) < 4.78 is 0. The van der Waals surface area contributed by atoms with Gasteiger partial charge in [-0.1, -0.05) is 18.1 Å². The molecule has 2 amide bonds. The van der Waals surface area contributed by atoms with Gasteiger partial charge in [0.2, 0.25) is 0 Å². The second-order valence-electron chi connectivity index (χ2n) is 5.75. The van der Waals surface area contributed by atoms with Crippen molar-refractivity contribution in [2.75, 3.05) is 26.2 Å². The van der Waals surface area contributed by atoms with Gasteiger partial charge in [-0.2, -0.15) is 0 Å². The van der Waals surface area contributed by atoms with Crippen LogP contribution in [0.1, 0.15) is 46.4 Å². The zero-order chi connectivity index (χ0) is 15.4. The molecule has 0 unspecified atom stereocenters. The predicted octanol–water partition coefficient (Wildman–Crippen LogP) is 2.58. The maximum absolute atomic E-state index is 12.2. The van der Waals surface area contributed by atoms with Crippen molar-refractivity contribution < 1.29 is 9.59 Å². The van der Waals surface area contributed by atoms with Crippen LogP contribution >= 0.6 is 12.4 Å². The Hall–Kier alpha value is -1.83. The number of rotatable bonds is 4. The minimum absolute atomic E-state index is 0. The topological polar surface area (TPSA) is 40.6 Å². The van der Waals surface area contributed by atoms with Gasteiger partial charge in [0.05, 0.1) is 17.7 Å². The fourth-order valence-electron chi connectivity index (χ4n) is 2.96. The van der Waals surface area contributed by atoms with Gasteiger partial charge in [0.15, 0.2) is 0 Å². The summed E-state index contributed by atoms with van der Waals surface area (Å²) in [4.78, 5) is 28.0. The molecule has 23 heavy (non-hydrogen) atoms. The molecule has 2 aliphatic rings. The fraction of sp³-hybridized carbons (Fsp3) is 0.444. The summed E-state index contributed by atoms with van der Waals surface area (Å²) >= 11 is 0.